The monoisotopic (exact) mass is 540 g/mol. The fraction of sp³-hybridized carbons (Fsp3) is 0.429. The second-order valence-electron chi connectivity index (χ2n) is 9.63. The number of sulfonamides is 1. The van der Waals surface area contributed by atoms with Crippen LogP contribution < -0.4 is 5.32 Å². The number of piperazine rings is 1. The zero-order valence-electron chi connectivity index (χ0n) is 22.4. The summed E-state index contributed by atoms with van der Waals surface area (Å²) in [6, 6.07) is 15.0. The number of benzene rings is 2. The molecule has 1 saturated heterocycles. The van der Waals surface area contributed by atoms with Gasteiger partial charge in [-0.2, -0.15) is 4.31 Å². The van der Waals surface area contributed by atoms with E-state index in [4.69, 9.17) is 4.74 Å². The Morgan fingerprint density at radius 2 is 1.74 bits per heavy atom. The third-order valence-corrected chi connectivity index (χ3v) is 9.06. The minimum absolute atomic E-state index is 0.212. The Labute approximate surface area is 225 Å². The van der Waals surface area contributed by atoms with Gasteiger partial charge < -0.3 is 10.1 Å². The van der Waals surface area contributed by atoms with Crippen molar-refractivity contribution < 1.29 is 22.7 Å². The molecular weight excluding hydrogens is 504 g/mol. The minimum atomic E-state index is -3.64. The summed E-state index contributed by atoms with van der Waals surface area (Å²) in [6.45, 7) is 9.56. The molecule has 0 spiro atoms. The van der Waals surface area contributed by atoms with Gasteiger partial charge in [-0.3, -0.25) is 9.80 Å². The number of carbonyl (C=O) groups excluding carboxylic acids is 2. The average Bonchev–Trinajstić information content (AvgIpc) is 2.89. The van der Waals surface area contributed by atoms with E-state index in [-0.39, 0.29) is 23.6 Å². The molecule has 9 nitrogen and oxygen atoms in total. The van der Waals surface area contributed by atoms with Crippen LogP contribution in [0.4, 0.5) is 4.79 Å². The van der Waals surface area contributed by atoms with Crippen molar-refractivity contribution in [3.63, 3.8) is 0 Å². The molecule has 1 N–H and O–H groups in total. The van der Waals surface area contributed by atoms with Crippen molar-refractivity contribution in [3.05, 3.63) is 77.0 Å². The maximum absolute atomic E-state index is 13.3. The molecule has 2 amide bonds. The summed E-state index contributed by atoms with van der Waals surface area (Å²) in [7, 11) is -3.64. The largest absolute Gasteiger partial charge is 0.463 e. The van der Waals surface area contributed by atoms with Crippen LogP contribution in [-0.4, -0.2) is 79.9 Å². The van der Waals surface area contributed by atoms with Crippen LogP contribution in [0.25, 0.3) is 0 Å². The molecule has 38 heavy (non-hydrogen) atoms. The smallest absolute Gasteiger partial charge is 0.338 e. The molecule has 10 heteroatoms. The maximum atomic E-state index is 13.3. The first-order chi connectivity index (χ1) is 18.2. The predicted octanol–water partition coefficient (Wildman–Crippen LogP) is 3.29. The lowest BCUT2D eigenvalue weighted by atomic mass is 9.94. The summed E-state index contributed by atoms with van der Waals surface area (Å²) in [6.07, 6.45) is 0. The molecule has 2 aromatic carbocycles. The van der Waals surface area contributed by atoms with Crippen LogP contribution >= 0.6 is 0 Å². The lowest BCUT2D eigenvalue weighted by Gasteiger charge is -2.42. The number of likely N-dealkylation sites (N-methyl/N-ethyl adjacent to an activating group) is 1. The molecular formula is C28H36N4O5S. The summed E-state index contributed by atoms with van der Waals surface area (Å²) >= 11 is 0. The van der Waals surface area contributed by atoms with Gasteiger partial charge in [0.05, 0.1) is 23.1 Å². The van der Waals surface area contributed by atoms with Crippen LogP contribution in [0.3, 0.4) is 0 Å². The SMILES string of the molecule is CCOC(=O)C1=C(CN2CCN(S(=O)(=O)c3ccc(C)cc3)[C@H](C)C2)N(CC)C(=O)N[C@@H]1c1ccccc1. The van der Waals surface area contributed by atoms with Crippen molar-refractivity contribution in [3.8, 4) is 0 Å². The Morgan fingerprint density at radius 1 is 1.05 bits per heavy atom. The third kappa shape index (κ3) is 5.62. The van der Waals surface area contributed by atoms with Crippen molar-refractivity contribution in [2.75, 3.05) is 39.3 Å². The lowest BCUT2D eigenvalue weighted by molar-refractivity contribution is -0.139. The normalized spacial score (nSPS) is 21.4. The van der Waals surface area contributed by atoms with Gasteiger partial charge in [-0.1, -0.05) is 48.0 Å². The number of nitrogens with zero attached hydrogens (tertiary/aromatic N) is 3. The average molecular weight is 541 g/mol. The van der Waals surface area contributed by atoms with Gasteiger partial charge >= 0.3 is 12.0 Å². The molecule has 204 valence electrons. The van der Waals surface area contributed by atoms with Crippen LogP contribution in [0.5, 0.6) is 0 Å². The van der Waals surface area contributed by atoms with Crippen LogP contribution in [0.1, 0.15) is 37.9 Å². The zero-order valence-corrected chi connectivity index (χ0v) is 23.2. The van der Waals surface area contributed by atoms with Gasteiger partial charge in [-0.25, -0.2) is 18.0 Å². The third-order valence-electron chi connectivity index (χ3n) is 7.03. The fourth-order valence-electron chi connectivity index (χ4n) is 5.13. The maximum Gasteiger partial charge on any atom is 0.338 e. The summed E-state index contributed by atoms with van der Waals surface area (Å²) in [5.41, 5.74) is 2.78. The predicted molar refractivity (Wildman–Crippen MR) is 145 cm³/mol. The van der Waals surface area contributed by atoms with Gasteiger partial charge in [0.1, 0.15) is 0 Å². The van der Waals surface area contributed by atoms with E-state index in [2.05, 4.69) is 10.2 Å². The molecule has 4 rings (SSSR count). The second-order valence-corrected chi connectivity index (χ2v) is 11.5. The number of amides is 2. The Morgan fingerprint density at radius 3 is 2.34 bits per heavy atom. The second kappa shape index (κ2) is 11.7. The number of aryl methyl sites for hydroxylation is 1. The molecule has 1 fully saturated rings. The number of rotatable bonds is 8. The number of ether oxygens (including phenoxy) is 1. The van der Waals surface area contributed by atoms with Crippen molar-refractivity contribution in [1.82, 2.24) is 19.4 Å². The molecule has 2 atom stereocenters. The van der Waals surface area contributed by atoms with E-state index < -0.39 is 22.0 Å². The fourth-order valence-corrected chi connectivity index (χ4v) is 6.74. The van der Waals surface area contributed by atoms with Crippen molar-refractivity contribution in [2.45, 2.75) is 44.7 Å². The highest BCUT2D eigenvalue weighted by molar-refractivity contribution is 7.89. The highest BCUT2D eigenvalue weighted by atomic mass is 32.2. The molecule has 2 heterocycles. The number of esters is 1. The number of carbonyl (C=O) groups is 2. The first-order valence-corrected chi connectivity index (χ1v) is 14.4. The van der Waals surface area contributed by atoms with Crippen LogP contribution in [0, 0.1) is 6.92 Å². The first kappa shape index (κ1) is 27.8. The van der Waals surface area contributed by atoms with Crippen molar-refractivity contribution in [1.29, 1.82) is 0 Å². The Bertz CT molecular complexity index is 1290. The summed E-state index contributed by atoms with van der Waals surface area (Å²) in [5.74, 6) is -0.469. The molecule has 0 aromatic heterocycles. The van der Waals surface area contributed by atoms with Crippen LogP contribution in [-0.2, 0) is 19.6 Å². The van der Waals surface area contributed by atoms with Gasteiger partial charge in [0.15, 0.2) is 0 Å². The van der Waals surface area contributed by atoms with Crippen molar-refractivity contribution >= 4 is 22.0 Å². The summed E-state index contributed by atoms with van der Waals surface area (Å²) < 4.78 is 33.6. The molecule has 2 aliphatic rings. The Balaban J connectivity index is 1.63. The van der Waals surface area contributed by atoms with Crippen LogP contribution in [0.2, 0.25) is 0 Å². The van der Waals surface area contributed by atoms with Gasteiger partial charge in [0.2, 0.25) is 10.0 Å². The van der Waals surface area contributed by atoms with Gasteiger partial charge in [0, 0.05) is 44.5 Å². The molecule has 2 aliphatic heterocycles. The molecule has 0 unspecified atom stereocenters. The minimum Gasteiger partial charge on any atom is -0.463 e. The summed E-state index contributed by atoms with van der Waals surface area (Å²) in [5, 5.41) is 2.97. The van der Waals surface area contributed by atoms with Crippen LogP contribution in [0.15, 0.2) is 70.8 Å². The van der Waals surface area contributed by atoms with E-state index in [0.29, 0.717) is 44.0 Å². The van der Waals surface area contributed by atoms with E-state index >= 15 is 0 Å². The van der Waals surface area contributed by atoms with E-state index in [9.17, 15) is 18.0 Å². The highest BCUT2D eigenvalue weighted by Gasteiger charge is 2.40. The molecule has 0 bridgehead atoms. The number of hydrogen-bond acceptors (Lipinski definition) is 6. The number of hydrogen-bond donors (Lipinski definition) is 1. The zero-order chi connectivity index (χ0) is 27.4. The summed E-state index contributed by atoms with van der Waals surface area (Å²) in [4.78, 5) is 30.4. The quantitative estimate of drug-likeness (QED) is 0.516. The Kier molecular flexibility index (Phi) is 8.54. The van der Waals surface area contributed by atoms with E-state index in [1.54, 1.807) is 36.1 Å². The topological polar surface area (TPSA) is 99.3 Å². The molecule has 0 aliphatic carbocycles. The van der Waals surface area contributed by atoms with E-state index in [1.165, 1.54) is 4.31 Å². The van der Waals surface area contributed by atoms with Gasteiger partial charge in [0.25, 0.3) is 0 Å². The molecule has 0 saturated carbocycles. The first-order valence-electron chi connectivity index (χ1n) is 13.0. The van der Waals surface area contributed by atoms with Crippen molar-refractivity contribution in [2.24, 2.45) is 0 Å². The Hall–Kier alpha value is -3.21. The number of nitrogens with one attached hydrogen (secondary N) is 1. The standard InChI is InChI=1S/C28H36N4O5S/c1-5-31-24(25(27(33)37-6-2)26(29-28(31)34)22-10-8-7-9-11-22)19-30-16-17-32(21(4)18-30)38(35,36)23-14-12-20(3)13-15-23/h7-15,21,26H,5-6,16-19H2,1-4H3,(H,29,34)/t21-,26-/m1/s1. The van der Waals surface area contributed by atoms with E-state index in [0.717, 1.165) is 11.1 Å². The van der Waals surface area contributed by atoms with Gasteiger partial charge in [-0.05, 0) is 45.4 Å². The van der Waals surface area contributed by atoms with Gasteiger partial charge in [-0.15, -0.1) is 0 Å². The number of urea groups is 1. The lowest BCUT2D eigenvalue weighted by Crippen LogP contribution is -2.56. The molecule has 2 aromatic rings. The van der Waals surface area contributed by atoms with E-state index in [1.807, 2.05) is 51.1 Å². The highest BCUT2D eigenvalue weighted by Crippen LogP contribution is 2.32. The molecule has 0 radical (unpaired) electrons.